The van der Waals surface area contributed by atoms with Crippen molar-refractivity contribution in [2.75, 3.05) is 0 Å². The fraction of sp³-hybridized carbons (Fsp3) is 0.208. The predicted octanol–water partition coefficient (Wildman–Crippen LogP) is 4.74. The number of halogens is 1. The van der Waals surface area contributed by atoms with Gasteiger partial charge in [0.15, 0.2) is 17.3 Å². The Morgan fingerprint density at radius 1 is 0.786 bits per heavy atom. The summed E-state index contributed by atoms with van der Waals surface area (Å²) in [5.74, 6) is -1.29. The third kappa shape index (κ3) is 2.37. The summed E-state index contributed by atoms with van der Waals surface area (Å²) in [5.41, 5.74) is 3.95. The Balaban J connectivity index is 1.76. The van der Waals surface area contributed by atoms with Crippen LogP contribution < -0.4 is 0 Å². The number of fused-ring (bicyclic) bond motifs is 1. The van der Waals surface area contributed by atoms with Gasteiger partial charge in [-0.2, -0.15) is 0 Å². The molecule has 0 saturated heterocycles. The zero-order chi connectivity index (χ0) is 19.4. The van der Waals surface area contributed by atoms with Crippen LogP contribution in [-0.4, -0.2) is 17.3 Å². The van der Waals surface area contributed by atoms with E-state index in [9.17, 15) is 18.8 Å². The number of hydrogen-bond donors (Lipinski definition) is 0. The van der Waals surface area contributed by atoms with E-state index in [4.69, 9.17) is 0 Å². The molecule has 3 nitrogen and oxygen atoms in total. The van der Waals surface area contributed by atoms with E-state index in [-0.39, 0.29) is 23.2 Å². The highest BCUT2D eigenvalue weighted by molar-refractivity contribution is 6.28. The average molecular weight is 372 g/mol. The summed E-state index contributed by atoms with van der Waals surface area (Å²) in [6, 6.07) is 12.7. The van der Waals surface area contributed by atoms with Gasteiger partial charge in [0, 0.05) is 40.2 Å². The lowest BCUT2D eigenvalue weighted by molar-refractivity contribution is -0.116. The van der Waals surface area contributed by atoms with Crippen LogP contribution in [0.5, 0.6) is 0 Å². The van der Waals surface area contributed by atoms with Crippen molar-refractivity contribution in [1.29, 1.82) is 0 Å². The molecule has 0 aromatic heterocycles. The lowest BCUT2D eigenvalue weighted by Crippen LogP contribution is -2.33. The standard InChI is InChI=1S/C24H17FO3/c25-15-10-8-13(9-11-15)21-20-14(4-3-7-19(20)26)12-18-22(21)24(28)17-6-2-1-5-16(17)23(18)27/h1-2,5-6,8-11,21H,3-4,7,12H2. The second-order valence-corrected chi connectivity index (χ2v) is 7.55. The second-order valence-electron chi connectivity index (χ2n) is 7.55. The molecule has 0 spiro atoms. The number of benzene rings is 2. The van der Waals surface area contributed by atoms with Gasteiger partial charge in [-0.1, -0.05) is 42.0 Å². The lowest BCUT2D eigenvalue weighted by Gasteiger charge is -2.36. The van der Waals surface area contributed by atoms with E-state index in [0.717, 1.165) is 18.4 Å². The van der Waals surface area contributed by atoms with E-state index in [1.54, 1.807) is 36.4 Å². The van der Waals surface area contributed by atoms with Gasteiger partial charge in [0.2, 0.25) is 0 Å². The molecule has 0 radical (unpaired) electrons. The summed E-state index contributed by atoms with van der Waals surface area (Å²) in [4.78, 5) is 39.5. The number of carbonyl (C=O) groups is 3. The zero-order valence-electron chi connectivity index (χ0n) is 15.1. The number of hydrogen-bond acceptors (Lipinski definition) is 3. The number of rotatable bonds is 1. The Morgan fingerprint density at radius 2 is 1.46 bits per heavy atom. The third-order valence-corrected chi connectivity index (χ3v) is 5.99. The lowest BCUT2D eigenvalue weighted by atomic mass is 9.65. The predicted molar refractivity (Wildman–Crippen MR) is 102 cm³/mol. The topological polar surface area (TPSA) is 51.2 Å². The molecule has 3 aliphatic rings. The molecule has 4 heteroatoms. The third-order valence-electron chi connectivity index (χ3n) is 5.99. The molecule has 0 fully saturated rings. The van der Waals surface area contributed by atoms with Crippen molar-refractivity contribution in [3.63, 3.8) is 0 Å². The SMILES string of the molecule is O=C1CCCC2=C1C(c1ccc(F)cc1)C1=C(C2)C(=O)c2ccccc2C1=O. The Hall–Kier alpha value is -3.14. The van der Waals surface area contributed by atoms with Gasteiger partial charge in [0.25, 0.3) is 0 Å². The molecule has 2 aromatic carbocycles. The van der Waals surface area contributed by atoms with Crippen LogP contribution in [-0.2, 0) is 4.79 Å². The van der Waals surface area contributed by atoms with Gasteiger partial charge < -0.3 is 0 Å². The minimum atomic E-state index is -0.600. The largest absolute Gasteiger partial charge is 0.295 e. The first-order valence-corrected chi connectivity index (χ1v) is 9.48. The van der Waals surface area contributed by atoms with Crippen LogP contribution in [0.15, 0.2) is 70.8 Å². The van der Waals surface area contributed by atoms with Crippen molar-refractivity contribution >= 4 is 17.3 Å². The molecule has 0 saturated carbocycles. The van der Waals surface area contributed by atoms with Crippen LogP contribution in [0.4, 0.5) is 4.39 Å². The van der Waals surface area contributed by atoms with Crippen LogP contribution in [0.2, 0.25) is 0 Å². The molecule has 3 aliphatic carbocycles. The molecule has 5 rings (SSSR count). The first-order valence-electron chi connectivity index (χ1n) is 9.48. The fourth-order valence-electron chi connectivity index (χ4n) is 4.75. The number of allylic oxidation sites excluding steroid dienone is 4. The van der Waals surface area contributed by atoms with Crippen molar-refractivity contribution in [2.24, 2.45) is 0 Å². The first kappa shape index (κ1) is 17.0. The zero-order valence-corrected chi connectivity index (χ0v) is 15.1. The summed E-state index contributed by atoms with van der Waals surface area (Å²) in [6.07, 6.45) is 2.30. The molecule has 0 bridgehead atoms. The van der Waals surface area contributed by atoms with E-state index in [0.29, 0.717) is 46.3 Å². The van der Waals surface area contributed by atoms with Crippen LogP contribution in [0.1, 0.15) is 57.9 Å². The van der Waals surface area contributed by atoms with Crippen molar-refractivity contribution in [3.05, 3.63) is 93.3 Å². The molecule has 2 aromatic rings. The average Bonchev–Trinajstić information content (AvgIpc) is 2.71. The molecule has 0 heterocycles. The molecule has 138 valence electrons. The molecular formula is C24H17FO3. The highest BCUT2D eigenvalue weighted by Crippen LogP contribution is 2.49. The van der Waals surface area contributed by atoms with Crippen molar-refractivity contribution in [1.82, 2.24) is 0 Å². The van der Waals surface area contributed by atoms with Crippen LogP contribution in [0.3, 0.4) is 0 Å². The molecule has 0 aliphatic heterocycles. The molecule has 1 atom stereocenters. The Labute approximate surface area is 161 Å². The minimum absolute atomic E-state index is 0.0289. The highest BCUT2D eigenvalue weighted by atomic mass is 19.1. The molecule has 0 N–H and O–H groups in total. The molecule has 28 heavy (non-hydrogen) atoms. The number of carbonyl (C=O) groups excluding carboxylic acids is 3. The van der Waals surface area contributed by atoms with Gasteiger partial charge in [0.05, 0.1) is 0 Å². The molecule has 0 amide bonds. The molecular weight excluding hydrogens is 355 g/mol. The van der Waals surface area contributed by atoms with Gasteiger partial charge in [-0.05, 0) is 37.0 Å². The molecule has 1 unspecified atom stereocenters. The maximum absolute atomic E-state index is 13.5. The van der Waals surface area contributed by atoms with Gasteiger partial charge in [-0.25, -0.2) is 4.39 Å². The monoisotopic (exact) mass is 372 g/mol. The van der Waals surface area contributed by atoms with Crippen molar-refractivity contribution in [3.8, 4) is 0 Å². The Bertz CT molecular complexity index is 1120. The first-order chi connectivity index (χ1) is 13.6. The van der Waals surface area contributed by atoms with E-state index in [1.165, 1.54) is 12.1 Å². The van der Waals surface area contributed by atoms with Gasteiger partial charge in [-0.15, -0.1) is 0 Å². The normalized spacial score (nSPS) is 21.5. The van der Waals surface area contributed by atoms with Crippen molar-refractivity contribution in [2.45, 2.75) is 31.6 Å². The summed E-state index contributed by atoms with van der Waals surface area (Å²) in [7, 11) is 0. The number of Topliss-reactive ketones (excluding diaryl/α,β-unsaturated/α-hetero) is 3. The second kappa shape index (κ2) is 6.20. The minimum Gasteiger partial charge on any atom is -0.295 e. The van der Waals surface area contributed by atoms with Crippen LogP contribution in [0.25, 0.3) is 0 Å². The summed E-state index contributed by atoms with van der Waals surface area (Å²) in [5, 5.41) is 0. The van der Waals surface area contributed by atoms with E-state index < -0.39 is 5.92 Å². The van der Waals surface area contributed by atoms with Crippen LogP contribution in [0, 0.1) is 5.82 Å². The van der Waals surface area contributed by atoms with Gasteiger partial charge >= 0.3 is 0 Å². The summed E-state index contributed by atoms with van der Waals surface area (Å²) in [6.45, 7) is 0. The van der Waals surface area contributed by atoms with E-state index in [1.807, 2.05) is 0 Å². The Kier molecular flexibility index (Phi) is 3.76. The van der Waals surface area contributed by atoms with Gasteiger partial charge in [-0.3, -0.25) is 14.4 Å². The fourth-order valence-corrected chi connectivity index (χ4v) is 4.75. The maximum Gasteiger partial charge on any atom is 0.191 e. The van der Waals surface area contributed by atoms with Gasteiger partial charge in [0.1, 0.15) is 5.82 Å². The van der Waals surface area contributed by atoms with E-state index >= 15 is 0 Å². The number of ketones is 3. The van der Waals surface area contributed by atoms with E-state index in [2.05, 4.69) is 0 Å². The smallest absolute Gasteiger partial charge is 0.191 e. The maximum atomic E-state index is 13.5. The Morgan fingerprint density at radius 3 is 2.18 bits per heavy atom. The highest BCUT2D eigenvalue weighted by Gasteiger charge is 2.43. The summed E-state index contributed by atoms with van der Waals surface area (Å²) >= 11 is 0. The van der Waals surface area contributed by atoms with Crippen molar-refractivity contribution < 1.29 is 18.8 Å². The quantitative estimate of drug-likeness (QED) is 0.727. The summed E-state index contributed by atoms with van der Waals surface area (Å²) < 4.78 is 13.5. The van der Waals surface area contributed by atoms with Crippen LogP contribution >= 0.6 is 0 Å².